The number of phenols is 1. The lowest BCUT2D eigenvalue weighted by atomic mass is 9.49. The molecule has 2 bridgehead atoms. The molecule has 4 heteroatoms. The van der Waals surface area contributed by atoms with E-state index in [1.54, 1.807) is 6.07 Å². The highest BCUT2D eigenvalue weighted by Gasteiger charge is 2.64. The number of phenolic OH excluding ortho intramolecular Hbond substituents is 1. The minimum Gasteiger partial charge on any atom is -0.508 e. The third-order valence-electron chi connectivity index (χ3n) is 9.02. The van der Waals surface area contributed by atoms with Crippen LogP contribution < -0.4 is 0 Å². The number of rotatable bonds is 3. The fourth-order valence-corrected chi connectivity index (χ4v) is 7.28. The van der Waals surface area contributed by atoms with E-state index >= 15 is 0 Å². The first-order valence-electron chi connectivity index (χ1n) is 12.8. The van der Waals surface area contributed by atoms with Crippen LogP contribution in [0.5, 0.6) is 5.75 Å². The van der Waals surface area contributed by atoms with Crippen LogP contribution in [-0.4, -0.2) is 44.8 Å². The Balaban J connectivity index is 1.35. The molecule has 3 aromatic carbocycles. The number of hydrogen-bond donors (Lipinski definition) is 2. The lowest BCUT2D eigenvalue weighted by Gasteiger charge is -2.63. The number of aliphatic hydroxyl groups is 1. The Morgan fingerprint density at radius 3 is 2.63 bits per heavy atom. The highest BCUT2D eigenvalue weighted by atomic mass is 16.3. The van der Waals surface area contributed by atoms with Crippen molar-refractivity contribution < 1.29 is 10.2 Å². The molecule has 2 N–H and O–H groups in total. The summed E-state index contributed by atoms with van der Waals surface area (Å²) in [5.41, 5.74) is 5.65. The summed E-state index contributed by atoms with van der Waals surface area (Å²) in [6.07, 6.45) is 3.95. The summed E-state index contributed by atoms with van der Waals surface area (Å²) in [6.45, 7) is 1.88. The molecule has 0 radical (unpaired) electrons. The van der Waals surface area contributed by atoms with E-state index in [0.29, 0.717) is 12.8 Å². The maximum absolute atomic E-state index is 12.7. The predicted octanol–water partition coefficient (Wildman–Crippen LogP) is 4.58. The summed E-state index contributed by atoms with van der Waals surface area (Å²) in [6, 6.07) is 27.0. The Hall–Kier alpha value is -3.21. The number of pyridine rings is 1. The topological polar surface area (TPSA) is 56.6 Å². The molecule has 0 unspecified atom stereocenters. The maximum atomic E-state index is 12.7. The van der Waals surface area contributed by atoms with Crippen LogP contribution in [0.2, 0.25) is 0 Å². The van der Waals surface area contributed by atoms with Crippen molar-refractivity contribution in [3.8, 4) is 5.75 Å². The van der Waals surface area contributed by atoms with Gasteiger partial charge < -0.3 is 10.2 Å². The average molecular weight is 463 g/mol. The molecule has 0 spiro atoms. The molecular formula is C31H30N2O2. The van der Waals surface area contributed by atoms with Gasteiger partial charge in [-0.15, -0.1) is 0 Å². The molecule has 0 saturated carbocycles. The van der Waals surface area contributed by atoms with E-state index in [1.807, 2.05) is 12.1 Å². The molecule has 3 atom stereocenters. The number of hydrogen-bond acceptors (Lipinski definition) is 4. The number of likely N-dealkylation sites (tertiary alicyclic amines) is 1. The lowest BCUT2D eigenvalue weighted by molar-refractivity contribution is -0.151. The summed E-state index contributed by atoms with van der Waals surface area (Å²) in [5, 5.41) is 24.3. The number of nitrogens with zero attached hydrogens (tertiary/aromatic N) is 2. The summed E-state index contributed by atoms with van der Waals surface area (Å²) in [7, 11) is 0. The SMILES string of the molecule is Oc1ccc2c(c1)[C@]13CCN(CCc4ccccc4)[C@H](C2)[C@]1(O)Cc1cc2ccccc2nc1C3. The van der Waals surface area contributed by atoms with E-state index in [4.69, 9.17) is 4.98 Å². The van der Waals surface area contributed by atoms with Crippen LogP contribution in [0.4, 0.5) is 0 Å². The third kappa shape index (κ3) is 3.10. The van der Waals surface area contributed by atoms with Crippen molar-refractivity contribution in [1.82, 2.24) is 9.88 Å². The zero-order valence-electron chi connectivity index (χ0n) is 19.8. The quantitative estimate of drug-likeness (QED) is 0.468. The van der Waals surface area contributed by atoms with E-state index in [0.717, 1.165) is 54.5 Å². The Morgan fingerprint density at radius 1 is 0.914 bits per heavy atom. The second-order valence-corrected chi connectivity index (χ2v) is 10.7. The zero-order chi connectivity index (χ0) is 23.6. The van der Waals surface area contributed by atoms with Gasteiger partial charge in [0.2, 0.25) is 0 Å². The minimum absolute atomic E-state index is 0.0385. The van der Waals surface area contributed by atoms with Gasteiger partial charge in [0.15, 0.2) is 0 Å². The van der Waals surface area contributed by atoms with Crippen molar-refractivity contribution in [2.75, 3.05) is 13.1 Å². The molecule has 2 heterocycles. The third-order valence-corrected chi connectivity index (χ3v) is 9.02. The lowest BCUT2D eigenvalue weighted by Crippen LogP contribution is -2.74. The molecule has 3 aliphatic rings. The molecule has 35 heavy (non-hydrogen) atoms. The number of benzene rings is 3. The zero-order valence-corrected chi connectivity index (χ0v) is 19.8. The van der Waals surface area contributed by atoms with Gasteiger partial charge in [-0.3, -0.25) is 9.88 Å². The molecule has 1 saturated heterocycles. The van der Waals surface area contributed by atoms with Gasteiger partial charge in [-0.05, 0) is 72.3 Å². The van der Waals surface area contributed by atoms with Gasteiger partial charge in [0.1, 0.15) is 5.75 Å². The normalized spacial score (nSPS) is 27.2. The Labute approximate surface area is 205 Å². The first kappa shape index (κ1) is 21.1. The van der Waals surface area contributed by atoms with E-state index in [-0.39, 0.29) is 11.8 Å². The smallest absolute Gasteiger partial charge is 0.115 e. The molecule has 7 rings (SSSR count). The van der Waals surface area contributed by atoms with Gasteiger partial charge >= 0.3 is 0 Å². The van der Waals surface area contributed by atoms with Crippen molar-refractivity contribution in [2.45, 2.75) is 49.2 Å². The standard InChI is InChI=1S/C31H30N2O2/c34-25-11-10-22-17-29-31(35)19-24-16-23-8-4-5-9-27(23)32-28(24)20-30(31,26(22)18-25)13-15-33(29)14-12-21-6-2-1-3-7-21/h1-11,16,18,29,34-35H,12-15,17,19-20H2/t29-,30-,31-/m1/s1. The van der Waals surface area contributed by atoms with E-state index < -0.39 is 11.0 Å². The Morgan fingerprint density at radius 2 is 1.74 bits per heavy atom. The van der Waals surface area contributed by atoms with Crippen molar-refractivity contribution in [3.63, 3.8) is 0 Å². The highest BCUT2D eigenvalue weighted by Crippen LogP contribution is 2.57. The Kier molecular flexibility index (Phi) is 4.61. The average Bonchev–Trinajstić information content (AvgIpc) is 2.87. The van der Waals surface area contributed by atoms with E-state index in [2.05, 4.69) is 65.6 Å². The summed E-state index contributed by atoms with van der Waals surface area (Å²) < 4.78 is 0. The van der Waals surface area contributed by atoms with Crippen LogP contribution in [0, 0.1) is 0 Å². The Bertz CT molecular complexity index is 1430. The van der Waals surface area contributed by atoms with Crippen molar-refractivity contribution in [2.24, 2.45) is 0 Å². The van der Waals surface area contributed by atoms with Crippen LogP contribution in [0.15, 0.2) is 78.9 Å². The number of para-hydroxylation sites is 1. The largest absolute Gasteiger partial charge is 0.508 e. The highest BCUT2D eigenvalue weighted by molar-refractivity contribution is 5.79. The first-order valence-corrected chi connectivity index (χ1v) is 12.8. The molecule has 176 valence electrons. The summed E-state index contributed by atoms with van der Waals surface area (Å²) in [5.74, 6) is 0.280. The molecule has 1 fully saturated rings. The fraction of sp³-hybridized carbons (Fsp3) is 0.323. The number of piperidine rings is 1. The molecule has 1 aromatic heterocycles. The second kappa shape index (κ2) is 7.64. The van der Waals surface area contributed by atoms with Gasteiger partial charge in [-0.2, -0.15) is 0 Å². The molecule has 1 aliphatic heterocycles. The second-order valence-electron chi connectivity index (χ2n) is 10.7. The van der Waals surface area contributed by atoms with Gasteiger partial charge in [0.25, 0.3) is 0 Å². The van der Waals surface area contributed by atoms with Crippen LogP contribution in [-0.2, 0) is 31.1 Å². The number of aromatic nitrogens is 1. The summed E-state index contributed by atoms with van der Waals surface area (Å²) in [4.78, 5) is 7.61. The maximum Gasteiger partial charge on any atom is 0.115 e. The van der Waals surface area contributed by atoms with Gasteiger partial charge in [-0.1, -0.05) is 54.6 Å². The van der Waals surface area contributed by atoms with Gasteiger partial charge in [-0.25, -0.2) is 0 Å². The number of aromatic hydroxyl groups is 1. The van der Waals surface area contributed by atoms with Crippen LogP contribution >= 0.6 is 0 Å². The van der Waals surface area contributed by atoms with Crippen molar-refractivity contribution >= 4 is 10.9 Å². The monoisotopic (exact) mass is 462 g/mol. The minimum atomic E-state index is -0.903. The molecule has 4 aromatic rings. The van der Waals surface area contributed by atoms with Crippen molar-refractivity contribution in [3.05, 3.63) is 107 Å². The molecule has 2 aliphatic carbocycles. The van der Waals surface area contributed by atoms with E-state index in [1.165, 1.54) is 16.7 Å². The van der Waals surface area contributed by atoms with Gasteiger partial charge in [0.05, 0.1) is 11.1 Å². The summed E-state index contributed by atoms with van der Waals surface area (Å²) >= 11 is 0. The van der Waals surface area contributed by atoms with Crippen molar-refractivity contribution in [1.29, 1.82) is 0 Å². The predicted molar refractivity (Wildman–Crippen MR) is 138 cm³/mol. The van der Waals surface area contributed by atoms with Gasteiger partial charge in [0, 0.05) is 41.9 Å². The first-order chi connectivity index (χ1) is 17.1. The number of fused-ring (bicyclic) bond motifs is 3. The molecule has 4 nitrogen and oxygen atoms in total. The van der Waals surface area contributed by atoms with Crippen LogP contribution in [0.3, 0.4) is 0 Å². The van der Waals surface area contributed by atoms with E-state index in [9.17, 15) is 10.2 Å². The fourth-order valence-electron chi connectivity index (χ4n) is 7.28. The molecule has 0 amide bonds. The molecular weight excluding hydrogens is 432 g/mol. The van der Waals surface area contributed by atoms with Crippen LogP contribution in [0.25, 0.3) is 10.9 Å². The van der Waals surface area contributed by atoms with Crippen LogP contribution in [0.1, 0.15) is 34.4 Å².